The Bertz CT molecular complexity index is 1710. The molecule has 0 radical (unpaired) electrons. The van der Waals surface area contributed by atoms with Crippen LogP contribution in [-0.2, 0) is 42.7 Å². The lowest BCUT2D eigenvalue weighted by Crippen LogP contribution is -2.61. The highest BCUT2D eigenvalue weighted by Crippen LogP contribution is 2.41. The number of para-hydroxylation sites is 1. The predicted molar refractivity (Wildman–Crippen MR) is 249 cm³/mol. The van der Waals surface area contributed by atoms with E-state index in [1.54, 1.807) is 59.7 Å². The van der Waals surface area contributed by atoms with Gasteiger partial charge in [-0.1, -0.05) is 66.0 Å². The summed E-state index contributed by atoms with van der Waals surface area (Å²) in [7, 11) is 5.18. The molecule has 1 aromatic rings. The minimum absolute atomic E-state index is 0.0268. The summed E-state index contributed by atoms with van der Waals surface area (Å²) < 4.78 is 42.1. The lowest BCUT2D eigenvalue weighted by Gasteiger charge is -2.49. The van der Waals surface area contributed by atoms with Gasteiger partial charge in [0.05, 0.1) is 54.2 Å². The summed E-state index contributed by atoms with van der Waals surface area (Å²) in [6, 6.07) is 6.09. The first kappa shape index (κ1) is 58.5. The number of aliphatic hydroxyl groups is 5. The molecule has 17 nitrogen and oxygen atoms in total. The number of unbranched alkanes of at least 4 members (excludes halogenated alkanes) is 3. The number of nitrogens with zero attached hydrogens (tertiary/aromatic N) is 1. The maximum atomic E-state index is 14.1. The summed E-state index contributed by atoms with van der Waals surface area (Å²) in [5.41, 5.74) is -4.60. The number of ether oxygens (including phenoxy) is 7. The summed E-state index contributed by atoms with van der Waals surface area (Å²) in [6.45, 7) is 18.9. The van der Waals surface area contributed by atoms with E-state index in [2.05, 4.69) is 6.92 Å². The molecule has 4 rings (SSSR count). The number of carbonyl (C=O) groups is 3. The Morgan fingerprint density at radius 1 is 0.866 bits per heavy atom. The van der Waals surface area contributed by atoms with Gasteiger partial charge in [0, 0.05) is 37.3 Å². The van der Waals surface area contributed by atoms with E-state index in [0.29, 0.717) is 13.0 Å². The van der Waals surface area contributed by atoms with Crippen LogP contribution in [0.25, 0.3) is 0 Å². The first-order chi connectivity index (χ1) is 31.2. The quantitative estimate of drug-likeness (QED) is 0.114. The molecule has 3 heterocycles. The molecule has 3 saturated heterocycles. The second-order valence-corrected chi connectivity index (χ2v) is 20.2. The SMILES string of the molecule is CCCCCCOC(=O)c1ccccc1O.CC[C@H]1OC(=O)[C@H](C)[C@@H](O[C@H]2C[C@@](C)(OC)[C@@H](O)[C@H](C)O2)[C@@H](C)[C@@H](O[C@@H]2O[C@H](C)C[C@H](N(C)C)[C@H]2O)[C@](C)(O)C[C@@H](C)C(=O)[C@H](C)[C@H](O)[C@]1(C)O. The van der Waals surface area contributed by atoms with Gasteiger partial charge in [-0.2, -0.15) is 0 Å². The predicted octanol–water partition coefficient (Wildman–Crippen LogP) is 4.91. The van der Waals surface area contributed by atoms with Crippen LogP contribution in [0.2, 0.25) is 0 Å². The third-order valence-corrected chi connectivity index (χ3v) is 14.2. The molecule has 18 atom stereocenters. The van der Waals surface area contributed by atoms with Gasteiger partial charge in [0.15, 0.2) is 12.6 Å². The Balaban J connectivity index is 0.000000626. The number of esters is 2. The van der Waals surface area contributed by atoms with Crippen LogP contribution >= 0.6 is 0 Å². The number of phenols is 1. The van der Waals surface area contributed by atoms with Crippen LogP contribution in [0, 0.1) is 23.7 Å². The standard InChI is InChI=1S/C37H67NO13.C13H18O3/c1-14-25-37(10,45)30(41)20(4)27(39)18(2)16-35(8,44)32(51-34-28(40)24(38(11)12)15-19(3)47-34)21(5)29(22(6)33(43)49-25)50-26-17-36(9,46-13)31(42)23(7)48-26;1-2-3-4-7-10-16-13(15)11-8-5-6-9-12(11)14/h18-26,28-32,34,40-42,44-45H,14-17H2,1-13H3;5-6,8-9,14H,2-4,7,10H2,1H3/t18-,19-,20+,21-,22-,23+,24+,25-,26+,28-,29+,30+,31+,32-,34+,35-,36-,37-;/m1./s1. The van der Waals surface area contributed by atoms with Crippen molar-refractivity contribution in [2.24, 2.45) is 23.7 Å². The summed E-state index contributed by atoms with van der Waals surface area (Å²) in [4.78, 5) is 41.3. The van der Waals surface area contributed by atoms with E-state index < -0.39 is 114 Å². The summed E-state index contributed by atoms with van der Waals surface area (Å²) in [5, 5.41) is 67.0. The third kappa shape index (κ3) is 14.9. The molecule has 386 valence electrons. The summed E-state index contributed by atoms with van der Waals surface area (Å²) >= 11 is 0. The zero-order valence-electron chi connectivity index (χ0n) is 42.5. The number of benzene rings is 1. The van der Waals surface area contributed by atoms with E-state index in [-0.39, 0.29) is 42.7 Å². The summed E-state index contributed by atoms with van der Waals surface area (Å²) in [5.74, 6) is -5.45. The monoisotopic (exact) mass is 956 g/mol. The van der Waals surface area contributed by atoms with Crippen LogP contribution in [0.4, 0.5) is 0 Å². The molecule has 3 aliphatic rings. The van der Waals surface area contributed by atoms with Crippen LogP contribution < -0.4 is 0 Å². The largest absolute Gasteiger partial charge is 0.507 e. The van der Waals surface area contributed by atoms with Crippen LogP contribution in [0.3, 0.4) is 0 Å². The molecule has 6 N–H and O–H groups in total. The number of likely N-dealkylation sites (N-methyl/N-ethyl adjacent to an activating group) is 1. The molecule has 3 aliphatic heterocycles. The summed E-state index contributed by atoms with van der Waals surface area (Å²) in [6.07, 6.45) is -5.43. The maximum Gasteiger partial charge on any atom is 0.341 e. The van der Waals surface area contributed by atoms with Gasteiger partial charge < -0.3 is 68.7 Å². The second-order valence-electron chi connectivity index (χ2n) is 20.2. The highest BCUT2D eigenvalue weighted by atomic mass is 16.7. The minimum atomic E-state index is -1.99. The van der Waals surface area contributed by atoms with E-state index in [1.807, 2.05) is 25.9 Å². The third-order valence-electron chi connectivity index (χ3n) is 14.2. The van der Waals surface area contributed by atoms with Crippen molar-refractivity contribution in [1.29, 1.82) is 0 Å². The number of hydrogen-bond donors (Lipinski definition) is 6. The Morgan fingerprint density at radius 2 is 1.51 bits per heavy atom. The average molecular weight is 956 g/mol. The second kappa shape index (κ2) is 25.3. The van der Waals surface area contributed by atoms with E-state index in [0.717, 1.165) is 25.7 Å². The molecule has 0 bridgehead atoms. The topological polar surface area (TPSA) is 240 Å². The Hall–Kier alpha value is -2.81. The fourth-order valence-electron chi connectivity index (χ4n) is 9.83. The van der Waals surface area contributed by atoms with Crippen molar-refractivity contribution in [2.75, 3.05) is 27.8 Å². The first-order valence-corrected chi connectivity index (χ1v) is 24.2. The van der Waals surface area contributed by atoms with Gasteiger partial charge in [0.1, 0.15) is 41.0 Å². The molecule has 0 aromatic heterocycles. The molecule has 0 aliphatic carbocycles. The van der Waals surface area contributed by atoms with E-state index in [1.165, 1.54) is 33.9 Å². The lowest BCUT2D eigenvalue weighted by atomic mass is 9.74. The van der Waals surface area contributed by atoms with Gasteiger partial charge in [0.25, 0.3) is 0 Å². The van der Waals surface area contributed by atoms with Gasteiger partial charge in [-0.3, -0.25) is 9.59 Å². The smallest absolute Gasteiger partial charge is 0.341 e. The van der Waals surface area contributed by atoms with Crippen LogP contribution in [0.5, 0.6) is 5.75 Å². The van der Waals surface area contributed by atoms with Crippen molar-refractivity contribution in [3.05, 3.63) is 29.8 Å². The molecule has 0 amide bonds. The molecule has 17 heteroatoms. The van der Waals surface area contributed by atoms with Crippen molar-refractivity contribution < 1.29 is 78.2 Å². The lowest BCUT2D eigenvalue weighted by molar-refractivity contribution is -0.318. The van der Waals surface area contributed by atoms with Crippen LogP contribution in [0.15, 0.2) is 24.3 Å². The number of rotatable bonds is 13. The highest BCUT2D eigenvalue weighted by molar-refractivity contribution is 5.92. The zero-order chi connectivity index (χ0) is 50.8. The van der Waals surface area contributed by atoms with Gasteiger partial charge >= 0.3 is 11.9 Å². The minimum Gasteiger partial charge on any atom is -0.507 e. The van der Waals surface area contributed by atoms with Crippen LogP contribution in [-0.4, -0.2) is 165 Å². The van der Waals surface area contributed by atoms with Crippen molar-refractivity contribution in [3.8, 4) is 5.75 Å². The zero-order valence-corrected chi connectivity index (χ0v) is 42.5. The number of ketones is 1. The highest BCUT2D eigenvalue weighted by Gasteiger charge is 2.53. The van der Waals surface area contributed by atoms with Gasteiger partial charge in [-0.05, 0) is 93.5 Å². The van der Waals surface area contributed by atoms with E-state index in [9.17, 15) is 45.0 Å². The number of hydrogen-bond acceptors (Lipinski definition) is 17. The first-order valence-electron chi connectivity index (χ1n) is 24.2. The van der Waals surface area contributed by atoms with Gasteiger partial charge in [0.2, 0.25) is 0 Å². The van der Waals surface area contributed by atoms with Crippen molar-refractivity contribution >= 4 is 17.7 Å². The van der Waals surface area contributed by atoms with Crippen molar-refractivity contribution in [2.45, 2.75) is 212 Å². The molecule has 67 heavy (non-hydrogen) atoms. The normalized spacial score (nSPS) is 40.3. The van der Waals surface area contributed by atoms with Crippen LogP contribution in [0.1, 0.15) is 138 Å². The molecule has 0 saturated carbocycles. The molecule has 3 fully saturated rings. The molecule has 1 aromatic carbocycles. The number of Topliss-reactive ketones (excluding diaryl/α,β-unsaturated/α-hetero) is 1. The van der Waals surface area contributed by atoms with Crippen molar-refractivity contribution in [1.82, 2.24) is 4.90 Å². The fourth-order valence-corrected chi connectivity index (χ4v) is 9.83. The number of phenolic OH excluding ortho intramolecular Hbond substituents is 1. The number of cyclic esters (lactones) is 1. The van der Waals surface area contributed by atoms with Gasteiger partial charge in [-0.25, -0.2) is 4.79 Å². The maximum absolute atomic E-state index is 14.1. The molecule has 0 spiro atoms. The molecule has 0 unspecified atom stereocenters. The average Bonchev–Trinajstić information content (AvgIpc) is 3.27. The number of aliphatic hydroxyl groups excluding tert-OH is 3. The molecular weight excluding hydrogens is 871 g/mol. The van der Waals surface area contributed by atoms with E-state index in [4.69, 9.17) is 33.2 Å². The van der Waals surface area contributed by atoms with Crippen molar-refractivity contribution in [3.63, 3.8) is 0 Å². The Morgan fingerprint density at radius 3 is 2.09 bits per heavy atom. The fraction of sp³-hybridized carbons (Fsp3) is 0.820. The Kier molecular flexibility index (Phi) is 22.1. The number of aromatic hydroxyl groups is 1. The number of carbonyl (C=O) groups excluding carboxylic acids is 3. The Labute approximate surface area is 398 Å². The van der Waals surface area contributed by atoms with Gasteiger partial charge in [-0.15, -0.1) is 0 Å². The molecular formula is C50H85NO16. The number of methoxy groups -OCH3 is 1. The van der Waals surface area contributed by atoms with E-state index >= 15 is 0 Å².